The van der Waals surface area contributed by atoms with Gasteiger partial charge in [-0.3, -0.25) is 14.4 Å². The third-order valence-corrected chi connectivity index (χ3v) is 5.13. The minimum absolute atomic E-state index is 0.00361. The van der Waals surface area contributed by atoms with Gasteiger partial charge in [-0.1, -0.05) is 30.3 Å². The number of carbonyl (C=O) groups is 3. The predicted molar refractivity (Wildman–Crippen MR) is 106 cm³/mol. The van der Waals surface area contributed by atoms with Crippen LogP contribution in [0.3, 0.4) is 0 Å². The largest absolute Gasteiger partial charge is 0.349 e. The maximum absolute atomic E-state index is 12.6. The third-order valence-electron chi connectivity index (χ3n) is 5.13. The van der Waals surface area contributed by atoms with Gasteiger partial charge in [0.1, 0.15) is 0 Å². The van der Waals surface area contributed by atoms with E-state index >= 15 is 0 Å². The van der Waals surface area contributed by atoms with Crippen LogP contribution < -0.4 is 10.6 Å². The monoisotopic (exact) mass is 377 g/mol. The number of anilines is 1. The summed E-state index contributed by atoms with van der Waals surface area (Å²) in [5.74, 6) is -0.623. The van der Waals surface area contributed by atoms with Crippen molar-refractivity contribution in [3.05, 3.63) is 65.7 Å². The Kier molecular flexibility index (Phi) is 5.10. The zero-order chi connectivity index (χ0) is 19.5. The molecule has 2 aromatic rings. The second kappa shape index (κ2) is 7.84. The molecule has 6 heteroatoms. The Morgan fingerprint density at radius 2 is 1.71 bits per heavy atom. The minimum Gasteiger partial charge on any atom is -0.349 e. The topological polar surface area (TPSA) is 78.5 Å². The van der Waals surface area contributed by atoms with Crippen LogP contribution in [0, 0.1) is 5.92 Å². The molecule has 0 radical (unpaired) electrons. The van der Waals surface area contributed by atoms with E-state index in [4.69, 9.17) is 0 Å². The van der Waals surface area contributed by atoms with Gasteiger partial charge in [0.25, 0.3) is 5.91 Å². The summed E-state index contributed by atoms with van der Waals surface area (Å²) in [6.07, 6.45) is 2.31. The minimum atomic E-state index is -0.367. The average Bonchev–Trinajstić information content (AvgIpc) is 3.44. The van der Waals surface area contributed by atoms with Crippen molar-refractivity contribution in [3.63, 3.8) is 0 Å². The highest BCUT2D eigenvalue weighted by Crippen LogP contribution is 2.23. The van der Waals surface area contributed by atoms with Crippen LogP contribution in [0.25, 0.3) is 0 Å². The Hall–Kier alpha value is -3.15. The quantitative estimate of drug-likeness (QED) is 0.812. The molecule has 2 fully saturated rings. The van der Waals surface area contributed by atoms with Gasteiger partial charge in [0.2, 0.25) is 11.8 Å². The van der Waals surface area contributed by atoms with Crippen molar-refractivity contribution in [1.29, 1.82) is 0 Å². The zero-order valence-corrected chi connectivity index (χ0v) is 15.6. The normalized spacial score (nSPS) is 18.8. The molecule has 2 N–H and O–H groups in total. The summed E-state index contributed by atoms with van der Waals surface area (Å²) in [5.41, 5.74) is 2.26. The van der Waals surface area contributed by atoms with E-state index in [0.29, 0.717) is 30.4 Å². The van der Waals surface area contributed by atoms with E-state index in [0.717, 1.165) is 18.4 Å². The van der Waals surface area contributed by atoms with Gasteiger partial charge in [-0.2, -0.15) is 0 Å². The number of hydrogen-bond acceptors (Lipinski definition) is 3. The highest BCUT2D eigenvalue weighted by Gasteiger charge is 2.34. The first kappa shape index (κ1) is 18.2. The Morgan fingerprint density at radius 3 is 2.39 bits per heavy atom. The summed E-state index contributed by atoms with van der Waals surface area (Å²) >= 11 is 0. The molecule has 144 valence electrons. The van der Waals surface area contributed by atoms with Crippen molar-refractivity contribution in [2.45, 2.75) is 31.8 Å². The standard InChI is InChI=1S/C22H23N3O3/c26-20-12-17(14-25(20)13-15-4-2-1-3-5-15)22(28)24-18-8-6-16(7-9-18)21(27)23-19-10-11-19/h1-9,17,19H,10-14H2,(H,23,27)(H,24,28). The van der Waals surface area contributed by atoms with Gasteiger partial charge in [-0.05, 0) is 42.7 Å². The highest BCUT2D eigenvalue weighted by atomic mass is 16.2. The van der Waals surface area contributed by atoms with E-state index in [1.807, 2.05) is 30.3 Å². The number of amides is 3. The Morgan fingerprint density at radius 1 is 1.00 bits per heavy atom. The lowest BCUT2D eigenvalue weighted by molar-refractivity contribution is -0.128. The molecule has 2 aromatic carbocycles. The molecular weight excluding hydrogens is 354 g/mol. The van der Waals surface area contributed by atoms with Gasteiger partial charge in [-0.15, -0.1) is 0 Å². The van der Waals surface area contributed by atoms with Crippen LogP contribution in [0.2, 0.25) is 0 Å². The molecule has 2 aliphatic rings. The summed E-state index contributed by atoms with van der Waals surface area (Å²) in [5, 5.41) is 5.79. The van der Waals surface area contributed by atoms with E-state index < -0.39 is 0 Å². The van der Waals surface area contributed by atoms with Crippen molar-refractivity contribution < 1.29 is 14.4 Å². The van der Waals surface area contributed by atoms with Crippen molar-refractivity contribution in [2.75, 3.05) is 11.9 Å². The fourth-order valence-electron chi connectivity index (χ4n) is 3.35. The maximum Gasteiger partial charge on any atom is 0.251 e. The summed E-state index contributed by atoms with van der Waals surface area (Å²) in [7, 11) is 0. The zero-order valence-electron chi connectivity index (χ0n) is 15.6. The van der Waals surface area contributed by atoms with Crippen LogP contribution in [-0.2, 0) is 16.1 Å². The van der Waals surface area contributed by atoms with Crippen molar-refractivity contribution in [1.82, 2.24) is 10.2 Å². The fraction of sp³-hybridized carbons (Fsp3) is 0.318. The molecule has 0 aromatic heterocycles. The van der Waals surface area contributed by atoms with E-state index in [9.17, 15) is 14.4 Å². The van der Waals surface area contributed by atoms with Gasteiger partial charge < -0.3 is 15.5 Å². The molecule has 1 heterocycles. The van der Waals surface area contributed by atoms with Crippen LogP contribution in [0.5, 0.6) is 0 Å². The summed E-state index contributed by atoms with van der Waals surface area (Å²) in [4.78, 5) is 38.6. The van der Waals surface area contributed by atoms with Crippen LogP contribution in [-0.4, -0.2) is 35.2 Å². The van der Waals surface area contributed by atoms with Crippen molar-refractivity contribution in [3.8, 4) is 0 Å². The number of likely N-dealkylation sites (tertiary alicyclic amines) is 1. The maximum atomic E-state index is 12.6. The van der Waals surface area contributed by atoms with Crippen LogP contribution in [0.15, 0.2) is 54.6 Å². The van der Waals surface area contributed by atoms with E-state index in [-0.39, 0.29) is 30.1 Å². The van der Waals surface area contributed by atoms with Gasteiger partial charge in [0.05, 0.1) is 5.92 Å². The molecule has 6 nitrogen and oxygen atoms in total. The molecule has 4 rings (SSSR count). The Balaban J connectivity index is 1.32. The lowest BCUT2D eigenvalue weighted by Crippen LogP contribution is -2.28. The average molecular weight is 377 g/mol. The fourth-order valence-corrected chi connectivity index (χ4v) is 3.35. The first-order valence-corrected chi connectivity index (χ1v) is 9.62. The molecule has 0 spiro atoms. The van der Waals surface area contributed by atoms with Crippen LogP contribution >= 0.6 is 0 Å². The van der Waals surface area contributed by atoms with Crippen molar-refractivity contribution in [2.24, 2.45) is 5.92 Å². The van der Waals surface area contributed by atoms with E-state index in [2.05, 4.69) is 10.6 Å². The molecule has 3 amide bonds. The van der Waals surface area contributed by atoms with Crippen LogP contribution in [0.4, 0.5) is 5.69 Å². The molecule has 0 bridgehead atoms. The second-order valence-electron chi connectivity index (χ2n) is 7.48. The second-order valence-corrected chi connectivity index (χ2v) is 7.48. The Labute approximate surface area is 163 Å². The van der Waals surface area contributed by atoms with Crippen LogP contribution in [0.1, 0.15) is 35.2 Å². The molecule has 1 saturated carbocycles. The molecule has 1 unspecified atom stereocenters. The highest BCUT2D eigenvalue weighted by molar-refractivity contribution is 5.98. The van der Waals surface area contributed by atoms with Gasteiger partial charge in [0, 0.05) is 36.8 Å². The van der Waals surface area contributed by atoms with Gasteiger partial charge >= 0.3 is 0 Å². The SMILES string of the molecule is O=C(NC1CC1)c1ccc(NC(=O)C2CC(=O)N(Cc3ccccc3)C2)cc1. The van der Waals surface area contributed by atoms with E-state index in [1.165, 1.54) is 0 Å². The molecular formula is C22H23N3O3. The number of benzene rings is 2. The molecule has 1 atom stereocenters. The molecule has 1 aliphatic carbocycles. The van der Waals surface area contributed by atoms with Gasteiger partial charge in [-0.25, -0.2) is 0 Å². The third kappa shape index (κ3) is 4.39. The predicted octanol–water partition coefficient (Wildman–Crippen LogP) is 2.57. The van der Waals surface area contributed by atoms with Gasteiger partial charge in [0.15, 0.2) is 0 Å². The smallest absolute Gasteiger partial charge is 0.251 e. The van der Waals surface area contributed by atoms with Crippen molar-refractivity contribution >= 4 is 23.4 Å². The number of nitrogens with zero attached hydrogens (tertiary/aromatic N) is 1. The lowest BCUT2D eigenvalue weighted by atomic mass is 10.1. The van der Waals surface area contributed by atoms with E-state index in [1.54, 1.807) is 29.2 Å². The number of carbonyl (C=O) groups excluding carboxylic acids is 3. The molecule has 1 aliphatic heterocycles. The number of nitrogens with one attached hydrogen (secondary N) is 2. The first-order chi connectivity index (χ1) is 13.6. The number of rotatable bonds is 6. The summed E-state index contributed by atoms with van der Waals surface area (Å²) in [6.45, 7) is 0.940. The summed E-state index contributed by atoms with van der Waals surface area (Å²) in [6, 6.07) is 16.9. The first-order valence-electron chi connectivity index (χ1n) is 9.62. The number of hydrogen-bond donors (Lipinski definition) is 2. The molecule has 1 saturated heterocycles. The summed E-state index contributed by atoms with van der Waals surface area (Å²) < 4.78 is 0. The Bertz CT molecular complexity index is 876. The lowest BCUT2D eigenvalue weighted by Gasteiger charge is -2.16. The molecule has 28 heavy (non-hydrogen) atoms.